The van der Waals surface area contributed by atoms with Crippen LogP contribution in [0.5, 0.6) is 0 Å². The molecule has 0 amide bonds. The predicted molar refractivity (Wildman–Crippen MR) is 68.3 cm³/mol. The van der Waals surface area contributed by atoms with Gasteiger partial charge in [-0.25, -0.2) is 4.79 Å². The molecule has 0 aliphatic rings. The average molecular weight is 279 g/mol. The minimum Gasteiger partial charge on any atom is -0.478 e. The molecule has 0 unspecified atom stereocenters. The maximum absolute atomic E-state index is 10.9. The fourth-order valence-electron chi connectivity index (χ4n) is 1.46. The van der Waals surface area contributed by atoms with E-state index in [2.05, 4.69) is 0 Å². The first-order valence-corrected chi connectivity index (χ1v) is 6.23. The van der Waals surface area contributed by atoms with Crippen molar-refractivity contribution < 1.29 is 19.2 Å². The maximum Gasteiger partial charge on any atom is 0.339 e. The zero-order chi connectivity index (χ0) is 13.8. The number of nitro benzene ring substituents is 1. The Morgan fingerprint density at radius 2 is 2.00 bits per heavy atom. The highest BCUT2D eigenvalue weighted by Gasteiger charge is 2.13. The van der Waals surface area contributed by atoms with Crippen molar-refractivity contribution in [3.05, 3.63) is 58.0 Å². The average Bonchev–Trinajstić information content (AvgIpc) is 2.85. The number of furan rings is 1. The molecule has 1 heterocycles. The summed E-state index contributed by atoms with van der Waals surface area (Å²) in [5, 5.41) is 19.4. The van der Waals surface area contributed by atoms with Crippen LogP contribution in [0.4, 0.5) is 5.69 Å². The van der Waals surface area contributed by atoms with E-state index in [9.17, 15) is 14.9 Å². The van der Waals surface area contributed by atoms with Crippen LogP contribution in [0.3, 0.4) is 0 Å². The second kappa shape index (κ2) is 5.57. The van der Waals surface area contributed by atoms with Gasteiger partial charge in [0.25, 0.3) is 5.69 Å². The van der Waals surface area contributed by atoms with Crippen LogP contribution in [0.25, 0.3) is 0 Å². The van der Waals surface area contributed by atoms with Crippen LogP contribution in [0, 0.1) is 10.1 Å². The number of thioether (sulfide) groups is 1. The van der Waals surface area contributed by atoms with Crippen molar-refractivity contribution in [3.8, 4) is 0 Å². The summed E-state index contributed by atoms with van der Waals surface area (Å²) >= 11 is 1.35. The second-order valence-corrected chi connectivity index (χ2v) is 4.65. The van der Waals surface area contributed by atoms with Crippen molar-refractivity contribution >= 4 is 23.4 Å². The Kier molecular flexibility index (Phi) is 3.86. The predicted octanol–water partition coefficient (Wildman–Crippen LogP) is 3.18. The summed E-state index contributed by atoms with van der Waals surface area (Å²) in [7, 11) is 0. The SMILES string of the molecule is O=C(O)c1ccoc1CSc1ccc([N+](=O)[O-])cc1. The third-order valence-corrected chi connectivity index (χ3v) is 3.41. The molecular formula is C12H9NO5S. The number of nitro groups is 1. The van der Waals surface area contributed by atoms with Crippen LogP contribution in [0.2, 0.25) is 0 Å². The summed E-state index contributed by atoms with van der Waals surface area (Å²) in [6.07, 6.45) is 1.33. The van der Waals surface area contributed by atoms with Gasteiger partial charge in [0.2, 0.25) is 0 Å². The van der Waals surface area contributed by atoms with Crippen molar-refractivity contribution in [2.45, 2.75) is 10.6 Å². The summed E-state index contributed by atoms with van der Waals surface area (Å²) in [5.41, 5.74) is 0.156. The molecule has 0 atom stereocenters. The molecule has 0 fully saturated rings. The van der Waals surface area contributed by atoms with Crippen LogP contribution < -0.4 is 0 Å². The highest BCUT2D eigenvalue weighted by atomic mass is 32.2. The smallest absolute Gasteiger partial charge is 0.339 e. The molecule has 0 aliphatic carbocycles. The van der Waals surface area contributed by atoms with Gasteiger partial charge >= 0.3 is 5.97 Å². The van der Waals surface area contributed by atoms with Crippen LogP contribution in [-0.2, 0) is 5.75 Å². The summed E-state index contributed by atoms with van der Waals surface area (Å²) < 4.78 is 5.10. The van der Waals surface area contributed by atoms with Gasteiger partial charge in [-0.2, -0.15) is 0 Å². The van der Waals surface area contributed by atoms with Gasteiger partial charge in [0.05, 0.1) is 16.9 Å². The zero-order valence-electron chi connectivity index (χ0n) is 9.61. The number of carboxylic acids is 1. The Morgan fingerprint density at radius 3 is 2.58 bits per heavy atom. The third kappa shape index (κ3) is 3.14. The van der Waals surface area contributed by atoms with E-state index in [0.717, 1.165) is 4.90 Å². The first-order valence-electron chi connectivity index (χ1n) is 5.25. The first-order chi connectivity index (χ1) is 9.08. The lowest BCUT2D eigenvalue weighted by Gasteiger charge is -2.00. The van der Waals surface area contributed by atoms with Gasteiger partial charge in [-0.1, -0.05) is 0 Å². The van der Waals surface area contributed by atoms with Crippen molar-refractivity contribution in [2.24, 2.45) is 0 Å². The van der Waals surface area contributed by atoms with Gasteiger partial charge in [0, 0.05) is 17.0 Å². The lowest BCUT2D eigenvalue weighted by atomic mass is 10.3. The molecule has 1 N–H and O–H groups in total. The number of hydrogen-bond donors (Lipinski definition) is 1. The molecule has 0 spiro atoms. The highest BCUT2D eigenvalue weighted by molar-refractivity contribution is 7.98. The number of non-ortho nitro benzene ring substituents is 1. The Balaban J connectivity index is 2.04. The van der Waals surface area contributed by atoms with Crippen LogP contribution in [0.15, 0.2) is 45.9 Å². The maximum atomic E-state index is 10.9. The van der Waals surface area contributed by atoms with Gasteiger partial charge in [-0.15, -0.1) is 11.8 Å². The largest absolute Gasteiger partial charge is 0.478 e. The highest BCUT2D eigenvalue weighted by Crippen LogP contribution is 2.26. The topological polar surface area (TPSA) is 93.6 Å². The van der Waals surface area contributed by atoms with E-state index in [0.29, 0.717) is 11.5 Å². The summed E-state index contributed by atoms with van der Waals surface area (Å²) in [5.74, 6) is -0.309. The number of carboxylic acid groups (broad SMARTS) is 1. The van der Waals surface area contributed by atoms with E-state index < -0.39 is 10.9 Å². The molecule has 7 heteroatoms. The molecule has 2 aromatic rings. The monoisotopic (exact) mass is 279 g/mol. The van der Waals surface area contributed by atoms with E-state index >= 15 is 0 Å². The summed E-state index contributed by atoms with van der Waals surface area (Å²) in [6, 6.07) is 7.44. The van der Waals surface area contributed by atoms with Gasteiger partial charge in [-0.05, 0) is 18.2 Å². The summed E-state index contributed by atoms with van der Waals surface area (Å²) in [6.45, 7) is 0. The zero-order valence-corrected chi connectivity index (χ0v) is 10.4. The Morgan fingerprint density at radius 1 is 1.32 bits per heavy atom. The lowest BCUT2D eigenvalue weighted by molar-refractivity contribution is -0.384. The van der Waals surface area contributed by atoms with Gasteiger partial charge in [-0.3, -0.25) is 10.1 Å². The first kappa shape index (κ1) is 13.2. The molecule has 1 aromatic heterocycles. The molecule has 2 rings (SSSR count). The quantitative estimate of drug-likeness (QED) is 0.513. The van der Waals surface area contributed by atoms with E-state index in [4.69, 9.17) is 9.52 Å². The van der Waals surface area contributed by atoms with E-state index in [1.54, 1.807) is 12.1 Å². The van der Waals surface area contributed by atoms with E-state index in [1.165, 1.54) is 36.2 Å². The molecule has 0 saturated heterocycles. The van der Waals surface area contributed by atoms with E-state index in [1.807, 2.05) is 0 Å². The van der Waals surface area contributed by atoms with Crippen LogP contribution in [0.1, 0.15) is 16.1 Å². The molecule has 0 saturated carbocycles. The molecule has 19 heavy (non-hydrogen) atoms. The van der Waals surface area contributed by atoms with Crippen LogP contribution in [-0.4, -0.2) is 16.0 Å². The van der Waals surface area contributed by atoms with Crippen molar-refractivity contribution in [1.29, 1.82) is 0 Å². The fourth-order valence-corrected chi connectivity index (χ4v) is 2.31. The summed E-state index contributed by atoms with van der Waals surface area (Å²) in [4.78, 5) is 21.7. The molecule has 1 aromatic carbocycles. The Bertz CT molecular complexity index is 605. The molecule has 0 aliphatic heterocycles. The second-order valence-electron chi connectivity index (χ2n) is 3.60. The Labute approximate surface area is 112 Å². The van der Waals surface area contributed by atoms with Gasteiger partial charge < -0.3 is 9.52 Å². The van der Waals surface area contributed by atoms with Gasteiger partial charge in [0.15, 0.2) is 0 Å². The molecule has 0 radical (unpaired) electrons. The van der Waals surface area contributed by atoms with Crippen molar-refractivity contribution in [2.75, 3.05) is 0 Å². The van der Waals surface area contributed by atoms with E-state index in [-0.39, 0.29) is 11.3 Å². The lowest BCUT2D eigenvalue weighted by Crippen LogP contribution is -1.97. The minimum absolute atomic E-state index is 0.0218. The molecule has 98 valence electrons. The Hall–Kier alpha value is -2.28. The fraction of sp³-hybridized carbons (Fsp3) is 0.0833. The van der Waals surface area contributed by atoms with Crippen molar-refractivity contribution in [3.63, 3.8) is 0 Å². The third-order valence-electron chi connectivity index (χ3n) is 2.39. The number of rotatable bonds is 5. The number of hydrogen-bond acceptors (Lipinski definition) is 5. The standard InChI is InChI=1S/C12H9NO5S/c14-12(15)10-5-6-18-11(10)7-19-9-3-1-8(2-4-9)13(16)17/h1-6H,7H2,(H,14,15). The minimum atomic E-state index is -1.03. The molecule has 6 nitrogen and oxygen atoms in total. The van der Waals surface area contributed by atoms with Crippen LogP contribution >= 0.6 is 11.8 Å². The normalized spacial score (nSPS) is 10.3. The number of benzene rings is 1. The number of aromatic carboxylic acids is 1. The molecular weight excluding hydrogens is 270 g/mol. The number of carbonyl (C=O) groups is 1. The van der Waals surface area contributed by atoms with Crippen molar-refractivity contribution in [1.82, 2.24) is 0 Å². The number of nitrogens with zero attached hydrogens (tertiary/aromatic N) is 1. The van der Waals surface area contributed by atoms with Gasteiger partial charge in [0.1, 0.15) is 11.3 Å². The molecule has 0 bridgehead atoms.